The Morgan fingerprint density at radius 1 is 0.906 bits per heavy atom. The van der Waals surface area contributed by atoms with Gasteiger partial charge in [-0.1, -0.05) is 61.5 Å². The van der Waals surface area contributed by atoms with E-state index in [1.165, 1.54) is 12.1 Å². The molecule has 6 nitrogen and oxygen atoms in total. The van der Waals surface area contributed by atoms with Crippen molar-refractivity contribution < 1.29 is 14.5 Å². The van der Waals surface area contributed by atoms with E-state index in [9.17, 15) is 19.7 Å². The van der Waals surface area contributed by atoms with Gasteiger partial charge in [0.1, 0.15) is 5.69 Å². The molecule has 32 heavy (non-hydrogen) atoms. The topological polar surface area (TPSA) is 80.5 Å². The lowest BCUT2D eigenvalue weighted by atomic mass is 9.48. The molecule has 2 bridgehead atoms. The van der Waals surface area contributed by atoms with Crippen LogP contribution in [0.3, 0.4) is 0 Å². The summed E-state index contributed by atoms with van der Waals surface area (Å²) in [6, 6.07) is 20.7. The summed E-state index contributed by atoms with van der Waals surface area (Å²) in [6.45, 7) is 3.79. The first-order chi connectivity index (χ1) is 15.4. The number of amides is 2. The van der Waals surface area contributed by atoms with Crippen LogP contribution in [0.4, 0.5) is 11.4 Å². The highest BCUT2D eigenvalue weighted by molar-refractivity contribution is 6.24. The fourth-order valence-corrected chi connectivity index (χ4v) is 6.36. The van der Waals surface area contributed by atoms with Gasteiger partial charge in [-0.25, -0.2) is 4.90 Å². The summed E-state index contributed by atoms with van der Waals surface area (Å²) in [6.07, 6.45) is 0. The number of imide groups is 1. The second kappa shape index (κ2) is 6.13. The van der Waals surface area contributed by atoms with Crippen molar-refractivity contribution in [3.8, 4) is 0 Å². The summed E-state index contributed by atoms with van der Waals surface area (Å²) >= 11 is 0. The molecule has 0 spiro atoms. The van der Waals surface area contributed by atoms with Crippen molar-refractivity contribution >= 4 is 23.2 Å². The Hall–Kier alpha value is -3.80. The van der Waals surface area contributed by atoms with Crippen LogP contribution in [0.1, 0.15) is 40.7 Å². The second-order valence-electron chi connectivity index (χ2n) is 9.12. The van der Waals surface area contributed by atoms with Gasteiger partial charge in [0, 0.05) is 17.4 Å². The van der Waals surface area contributed by atoms with E-state index in [1.54, 1.807) is 13.0 Å². The highest BCUT2D eigenvalue weighted by Crippen LogP contribution is 2.64. The lowest BCUT2D eigenvalue weighted by molar-refractivity contribution is -0.384. The number of nitro benzene ring substituents is 1. The predicted molar refractivity (Wildman–Crippen MR) is 118 cm³/mol. The van der Waals surface area contributed by atoms with Crippen LogP contribution < -0.4 is 4.90 Å². The molecule has 2 atom stereocenters. The van der Waals surface area contributed by atoms with E-state index < -0.39 is 22.2 Å². The van der Waals surface area contributed by atoms with Gasteiger partial charge in [0.15, 0.2) is 0 Å². The number of carbonyl (C=O) groups is 2. The SMILES string of the molecule is Cc1ccc(N2C(=O)[C@H]3C4c5ccccc5C(C)(c5ccccc54)[C@H]3C2=O)c([N+](=O)[O-])c1. The lowest BCUT2D eigenvalue weighted by Gasteiger charge is -2.52. The minimum atomic E-state index is -0.687. The number of anilines is 1. The van der Waals surface area contributed by atoms with Crippen molar-refractivity contribution in [1.82, 2.24) is 0 Å². The second-order valence-corrected chi connectivity index (χ2v) is 9.12. The Bertz CT molecular complexity index is 1310. The molecule has 1 saturated heterocycles. The summed E-state index contributed by atoms with van der Waals surface area (Å²) in [4.78, 5) is 40.1. The van der Waals surface area contributed by atoms with Crippen molar-refractivity contribution in [3.05, 3.63) is 105 Å². The van der Waals surface area contributed by atoms with Crippen LogP contribution in [-0.2, 0) is 15.0 Å². The zero-order valence-electron chi connectivity index (χ0n) is 17.6. The van der Waals surface area contributed by atoms with E-state index in [0.29, 0.717) is 5.56 Å². The van der Waals surface area contributed by atoms with Crippen LogP contribution in [0.5, 0.6) is 0 Å². The fourth-order valence-electron chi connectivity index (χ4n) is 6.36. The monoisotopic (exact) mass is 424 g/mol. The molecule has 0 radical (unpaired) electrons. The number of benzene rings is 3. The molecule has 3 aliphatic carbocycles. The highest BCUT2D eigenvalue weighted by Gasteiger charge is 2.66. The Morgan fingerprint density at radius 2 is 1.50 bits per heavy atom. The third-order valence-electron chi connectivity index (χ3n) is 7.61. The van der Waals surface area contributed by atoms with Crippen molar-refractivity contribution in [2.45, 2.75) is 25.2 Å². The van der Waals surface area contributed by atoms with Gasteiger partial charge >= 0.3 is 0 Å². The van der Waals surface area contributed by atoms with E-state index in [2.05, 4.69) is 0 Å². The smallest absolute Gasteiger partial charge is 0.274 e. The maximum Gasteiger partial charge on any atom is 0.293 e. The van der Waals surface area contributed by atoms with Gasteiger partial charge in [-0.3, -0.25) is 19.7 Å². The maximum absolute atomic E-state index is 13.9. The van der Waals surface area contributed by atoms with E-state index in [-0.39, 0.29) is 29.1 Å². The third kappa shape index (κ3) is 2.09. The van der Waals surface area contributed by atoms with Crippen LogP contribution in [-0.4, -0.2) is 16.7 Å². The number of carbonyl (C=O) groups excluding carboxylic acids is 2. The zero-order valence-corrected chi connectivity index (χ0v) is 17.6. The molecule has 1 fully saturated rings. The number of hydrogen-bond acceptors (Lipinski definition) is 4. The van der Waals surface area contributed by atoms with E-state index in [0.717, 1.165) is 27.2 Å². The molecular weight excluding hydrogens is 404 g/mol. The molecule has 158 valence electrons. The Balaban J connectivity index is 1.61. The Kier molecular flexibility index (Phi) is 3.62. The standard InChI is InChI=1S/C26H20N2O4/c1-14-11-12-19(20(13-14)28(31)32)27-24(29)22-21-15-7-3-5-9-17(15)26(2,23(22)25(27)30)18-10-6-4-8-16(18)21/h3-13,21-23H,1-2H3/t21?,22-,23+,26?/m0/s1. The first-order valence-corrected chi connectivity index (χ1v) is 10.7. The van der Waals surface area contributed by atoms with Gasteiger partial charge in [0.25, 0.3) is 5.69 Å². The molecule has 0 unspecified atom stereocenters. The molecule has 0 aromatic heterocycles. The number of rotatable bonds is 2. The van der Waals surface area contributed by atoms with E-state index in [4.69, 9.17) is 0 Å². The minimum Gasteiger partial charge on any atom is -0.274 e. The van der Waals surface area contributed by atoms with Crippen LogP contribution in [0, 0.1) is 28.9 Å². The number of aryl methyl sites for hydroxylation is 1. The Morgan fingerprint density at radius 3 is 2.09 bits per heavy atom. The van der Waals surface area contributed by atoms with Crippen LogP contribution >= 0.6 is 0 Å². The van der Waals surface area contributed by atoms with Gasteiger partial charge in [-0.15, -0.1) is 0 Å². The van der Waals surface area contributed by atoms with Crippen molar-refractivity contribution in [2.75, 3.05) is 4.90 Å². The quantitative estimate of drug-likeness (QED) is 0.345. The number of nitro groups is 1. The largest absolute Gasteiger partial charge is 0.293 e. The average molecular weight is 424 g/mol. The third-order valence-corrected chi connectivity index (χ3v) is 7.61. The summed E-state index contributed by atoms with van der Waals surface area (Å²) < 4.78 is 0. The van der Waals surface area contributed by atoms with Gasteiger partial charge in [0.05, 0.1) is 16.8 Å². The molecule has 4 aliphatic rings. The van der Waals surface area contributed by atoms with Gasteiger partial charge in [-0.2, -0.15) is 0 Å². The molecule has 7 rings (SSSR count). The normalized spacial score (nSPS) is 27.2. The van der Waals surface area contributed by atoms with Gasteiger partial charge in [0.2, 0.25) is 11.8 Å². The number of hydrogen-bond donors (Lipinski definition) is 0. The molecule has 0 N–H and O–H groups in total. The van der Waals surface area contributed by atoms with Gasteiger partial charge in [-0.05, 0) is 40.8 Å². The van der Waals surface area contributed by atoms with E-state index in [1.807, 2.05) is 55.5 Å². The predicted octanol–water partition coefficient (Wildman–Crippen LogP) is 4.47. The molecular formula is C26H20N2O4. The molecule has 6 heteroatoms. The van der Waals surface area contributed by atoms with Crippen LogP contribution in [0.25, 0.3) is 0 Å². The van der Waals surface area contributed by atoms with Crippen LogP contribution in [0.15, 0.2) is 66.7 Å². The van der Waals surface area contributed by atoms with Crippen molar-refractivity contribution in [3.63, 3.8) is 0 Å². The molecule has 3 aromatic rings. The summed E-state index contributed by atoms with van der Waals surface area (Å²) in [5.41, 5.74) is 4.10. The minimum absolute atomic E-state index is 0.0566. The Labute approximate surface area is 184 Å². The number of nitrogens with zero attached hydrogens (tertiary/aromatic N) is 2. The van der Waals surface area contributed by atoms with E-state index >= 15 is 0 Å². The molecule has 0 saturated carbocycles. The lowest BCUT2D eigenvalue weighted by Crippen LogP contribution is -2.51. The first kappa shape index (κ1) is 18.9. The van der Waals surface area contributed by atoms with Crippen molar-refractivity contribution in [1.29, 1.82) is 0 Å². The zero-order chi connectivity index (χ0) is 22.4. The fraction of sp³-hybridized carbons (Fsp3) is 0.231. The summed E-state index contributed by atoms with van der Waals surface area (Å²) in [7, 11) is 0. The van der Waals surface area contributed by atoms with Gasteiger partial charge < -0.3 is 0 Å². The van der Waals surface area contributed by atoms with Crippen molar-refractivity contribution in [2.24, 2.45) is 11.8 Å². The molecule has 3 aromatic carbocycles. The molecule has 1 heterocycles. The highest BCUT2D eigenvalue weighted by atomic mass is 16.6. The average Bonchev–Trinajstić information content (AvgIpc) is 3.06. The summed E-state index contributed by atoms with van der Waals surface area (Å²) in [5.74, 6) is -2.15. The molecule has 1 aliphatic heterocycles. The first-order valence-electron chi connectivity index (χ1n) is 10.7. The summed E-state index contributed by atoms with van der Waals surface area (Å²) in [5, 5.41) is 11.8. The van der Waals surface area contributed by atoms with Crippen LogP contribution in [0.2, 0.25) is 0 Å². The molecule has 2 amide bonds. The maximum atomic E-state index is 13.9.